The van der Waals surface area contributed by atoms with Crippen molar-refractivity contribution in [1.29, 1.82) is 0 Å². The molecule has 3 aliphatic carbocycles. The first-order chi connectivity index (χ1) is 16.5. The van der Waals surface area contributed by atoms with Crippen LogP contribution in [0.5, 0.6) is 5.75 Å². The van der Waals surface area contributed by atoms with Gasteiger partial charge in [-0.2, -0.15) is 0 Å². The van der Waals surface area contributed by atoms with E-state index in [1.807, 2.05) is 20.8 Å². The highest BCUT2D eigenvalue weighted by molar-refractivity contribution is 6.30. The van der Waals surface area contributed by atoms with Crippen molar-refractivity contribution in [3.05, 3.63) is 40.8 Å². The van der Waals surface area contributed by atoms with Gasteiger partial charge in [-0.1, -0.05) is 11.6 Å². The van der Waals surface area contributed by atoms with Crippen molar-refractivity contribution in [3.8, 4) is 5.75 Å². The van der Waals surface area contributed by atoms with E-state index in [-0.39, 0.29) is 46.3 Å². The number of nitrogens with one attached hydrogen (secondary N) is 1. The van der Waals surface area contributed by atoms with E-state index in [9.17, 15) is 14.0 Å². The molecule has 9 nitrogen and oxygen atoms in total. The molecule has 2 amide bonds. The number of ether oxygens (including phenoxy) is 2. The largest absolute Gasteiger partial charge is 0.484 e. The monoisotopic (exact) mass is 506 g/mol. The van der Waals surface area contributed by atoms with Crippen LogP contribution in [0.3, 0.4) is 0 Å². The summed E-state index contributed by atoms with van der Waals surface area (Å²) in [5, 5.41) is 11.6. The molecular formula is C24H28ClFN4O5. The number of hydrogen-bond donors (Lipinski definition) is 1. The Balaban J connectivity index is 1.10. The number of hydrogen-bond acceptors (Lipinski definition) is 7. The number of nitrogens with zero attached hydrogens (tertiary/aromatic N) is 3. The molecule has 0 spiro atoms. The van der Waals surface area contributed by atoms with E-state index in [2.05, 4.69) is 15.5 Å². The number of carbonyl (C=O) groups excluding carboxylic acids is 2. The van der Waals surface area contributed by atoms with Crippen LogP contribution in [0.1, 0.15) is 64.2 Å². The molecule has 3 saturated carbocycles. The highest BCUT2D eigenvalue weighted by atomic mass is 35.5. The zero-order valence-corrected chi connectivity index (χ0v) is 20.7. The summed E-state index contributed by atoms with van der Waals surface area (Å²) in [7, 11) is 0. The van der Waals surface area contributed by atoms with Gasteiger partial charge in [0.1, 0.15) is 17.2 Å². The predicted molar refractivity (Wildman–Crippen MR) is 123 cm³/mol. The molecule has 188 valence electrons. The summed E-state index contributed by atoms with van der Waals surface area (Å²) in [6, 6.07) is 4.04. The van der Waals surface area contributed by atoms with Crippen LogP contribution in [-0.4, -0.2) is 57.9 Å². The van der Waals surface area contributed by atoms with Crippen LogP contribution in [0.4, 0.5) is 9.18 Å². The standard InChI is InChI=1S/C24H28ClFN4O5/c1-22(2,3)35-21(32)30-7-6-14(9-30)19-28-29-20(34-19)23-11-24(12-23,13-23)27-18(31)10-33-15-4-5-16(25)17(26)8-15/h4-5,8,14H,6-7,9-13H2,1-3H3,(H,27,31). The van der Waals surface area contributed by atoms with E-state index in [1.54, 1.807) is 4.90 Å². The van der Waals surface area contributed by atoms with Gasteiger partial charge in [0.25, 0.3) is 5.91 Å². The van der Waals surface area contributed by atoms with Crippen LogP contribution in [0.2, 0.25) is 5.02 Å². The average Bonchev–Trinajstić information content (AvgIpc) is 3.39. The van der Waals surface area contributed by atoms with Gasteiger partial charge in [0, 0.05) is 24.7 Å². The number of amides is 2. The van der Waals surface area contributed by atoms with Gasteiger partial charge in [0.2, 0.25) is 11.8 Å². The van der Waals surface area contributed by atoms with E-state index in [0.717, 1.165) is 31.7 Å². The summed E-state index contributed by atoms with van der Waals surface area (Å²) in [5.74, 6) is 0.490. The minimum Gasteiger partial charge on any atom is -0.484 e. The fraction of sp³-hybridized carbons (Fsp3) is 0.583. The summed E-state index contributed by atoms with van der Waals surface area (Å²) in [6.07, 6.45) is 2.57. The van der Waals surface area contributed by atoms with Crippen molar-refractivity contribution < 1.29 is 27.9 Å². The maximum absolute atomic E-state index is 13.5. The second kappa shape index (κ2) is 8.36. The van der Waals surface area contributed by atoms with Crippen molar-refractivity contribution in [1.82, 2.24) is 20.4 Å². The van der Waals surface area contributed by atoms with Gasteiger partial charge in [0.15, 0.2) is 6.61 Å². The lowest BCUT2D eigenvalue weighted by atomic mass is 9.39. The first kappa shape index (κ1) is 23.8. The lowest BCUT2D eigenvalue weighted by Crippen LogP contribution is -2.77. The third-order valence-corrected chi connectivity index (χ3v) is 7.09. The van der Waals surface area contributed by atoms with E-state index in [4.69, 9.17) is 25.5 Å². The summed E-state index contributed by atoms with van der Waals surface area (Å²) in [4.78, 5) is 26.3. The lowest BCUT2D eigenvalue weighted by molar-refractivity contribution is -0.143. The maximum atomic E-state index is 13.5. The molecule has 1 atom stereocenters. The van der Waals surface area contributed by atoms with Crippen molar-refractivity contribution >= 4 is 23.6 Å². The molecule has 1 aromatic heterocycles. The van der Waals surface area contributed by atoms with E-state index in [0.29, 0.717) is 24.9 Å². The van der Waals surface area contributed by atoms with Gasteiger partial charge < -0.3 is 24.1 Å². The van der Waals surface area contributed by atoms with Gasteiger partial charge >= 0.3 is 6.09 Å². The minimum absolute atomic E-state index is 0.00144. The minimum atomic E-state index is -0.597. The molecular weight excluding hydrogens is 479 g/mol. The van der Waals surface area contributed by atoms with Crippen LogP contribution in [-0.2, 0) is 14.9 Å². The number of aromatic nitrogens is 2. The van der Waals surface area contributed by atoms with Crippen LogP contribution in [0, 0.1) is 5.82 Å². The Bertz CT molecular complexity index is 1140. The fourth-order valence-corrected chi connectivity index (χ4v) is 5.38. The van der Waals surface area contributed by atoms with Gasteiger partial charge in [0.05, 0.1) is 16.4 Å². The SMILES string of the molecule is CC(C)(C)OC(=O)N1CCC(c2nnc(C34CC(NC(=O)COc5ccc(Cl)c(F)c5)(C3)C4)o2)C1. The molecule has 1 aromatic carbocycles. The summed E-state index contributed by atoms with van der Waals surface area (Å²) < 4.78 is 30.4. The molecule has 2 aromatic rings. The van der Waals surface area contributed by atoms with E-state index >= 15 is 0 Å². The molecule has 4 fully saturated rings. The Kier molecular flexibility index (Phi) is 5.69. The Hall–Kier alpha value is -2.88. The number of rotatable bonds is 6. The van der Waals surface area contributed by atoms with Crippen LogP contribution >= 0.6 is 11.6 Å². The molecule has 11 heteroatoms. The van der Waals surface area contributed by atoms with Crippen LogP contribution in [0.15, 0.2) is 22.6 Å². The number of likely N-dealkylation sites (tertiary alicyclic amines) is 1. The van der Waals surface area contributed by atoms with Gasteiger partial charge in [-0.3, -0.25) is 4.79 Å². The molecule has 0 radical (unpaired) electrons. The zero-order chi connectivity index (χ0) is 25.0. The van der Waals surface area contributed by atoms with Crippen LogP contribution < -0.4 is 10.1 Å². The highest BCUT2D eigenvalue weighted by Crippen LogP contribution is 2.67. The number of benzene rings is 1. The Morgan fingerprint density at radius 1 is 1.29 bits per heavy atom. The molecule has 35 heavy (non-hydrogen) atoms. The molecule has 1 N–H and O–H groups in total. The molecule has 2 bridgehead atoms. The van der Waals surface area contributed by atoms with Crippen molar-refractivity contribution in [2.75, 3.05) is 19.7 Å². The van der Waals surface area contributed by atoms with Crippen molar-refractivity contribution in [2.24, 2.45) is 0 Å². The number of halogens is 2. The second-order valence-corrected chi connectivity index (χ2v) is 11.3. The van der Waals surface area contributed by atoms with Crippen molar-refractivity contribution in [3.63, 3.8) is 0 Å². The van der Waals surface area contributed by atoms with Gasteiger partial charge in [-0.05, 0) is 58.6 Å². The Labute approximate surface area is 207 Å². The smallest absolute Gasteiger partial charge is 0.410 e. The highest BCUT2D eigenvalue weighted by Gasteiger charge is 2.71. The Morgan fingerprint density at radius 2 is 2.03 bits per heavy atom. The topological polar surface area (TPSA) is 107 Å². The first-order valence-electron chi connectivity index (χ1n) is 11.7. The summed E-state index contributed by atoms with van der Waals surface area (Å²) in [5.41, 5.74) is -1.04. The molecule has 1 unspecified atom stereocenters. The average molecular weight is 507 g/mol. The summed E-state index contributed by atoms with van der Waals surface area (Å²) >= 11 is 5.66. The lowest BCUT2D eigenvalue weighted by Gasteiger charge is -2.68. The quantitative estimate of drug-likeness (QED) is 0.632. The van der Waals surface area contributed by atoms with Crippen molar-refractivity contribution in [2.45, 2.75) is 68.9 Å². The zero-order valence-electron chi connectivity index (χ0n) is 19.9. The fourth-order valence-electron chi connectivity index (χ4n) is 5.26. The number of carbonyl (C=O) groups is 2. The molecule has 1 saturated heterocycles. The molecule has 4 aliphatic rings. The second-order valence-electron chi connectivity index (χ2n) is 10.9. The van der Waals surface area contributed by atoms with E-state index < -0.39 is 11.4 Å². The predicted octanol–water partition coefficient (Wildman–Crippen LogP) is 3.96. The van der Waals surface area contributed by atoms with Gasteiger partial charge in [-0.25, -0.2) is 9.18 Å². The molecule has 1 aliphatic heterocycles. The van der Waals surface area contributed by atoms with Gasteiger partial charge in [-0.15, -0.1) is 10.2 Å². The third-order valence-electron chi connectivity index (χ3n) is 6.78. The molecule has 2 heterocycles. The summed E-state index contributed by atoms with van der Waals surface area (Å²) in [6.45, 7) is 6.39. The normalized spacial score (nSPS) is 27.1. The first-order valence-corrected chi connectivity index (χ1v) is 12.0. The van der Waals surface area contributed by atoms with Crippen LogP contribution in [0.25, 0.3) is 0 Å². The van der Waals surface area contributed by atoms with E-state index in [1.165, 1.54) is 12.1 Å². The molecule has 6 rings (SSSR count). The Morgan fingerprint density at radius 3 is 2.71 bits per heavy atom. The third kappa shape index (κ3) is 4.68. The maximum Gasteiger partial charge on any atom is 0.410 e.